The van der Waals surface area contributed by atoms with E-state index in [-0.39, 0.29) is 12.2 Å². The third-order valence-corrected chi connectivity index (χ3v) is 1.70. The highest BCUT2D eigenvalue weighted by molar-refractivity contribution is 5.92. The zero-order valence-corrected chi connectivity index (χ0v) is 8.40. The molecule has 0 N–H and O–H groups in total. The maximum atomic E-state index is 11.2. The van der Waals surface area contributed by atoms with E-state index in [9.17, 15) is 4.79 Å². The van der Waals surface area contributed by atoms with Gasteiger partial charge in [0.25, 0.3) is 0 Å². The van der Waals surface area contributed by atoms with E-state index in [1.54, 1.807) is 31.4 Å². The molecule has 1 aromatic rings. The lowest BCUT2D eigenvalue weighted by Gasteiger charge is -1.98. The number of hydrogen-bond acceptors (Lipinski definition) is 4. The largest absolute Gasteiger partial charge is 0.469 e. The first-order chi connectivity index (χ1) is 7.27. The second-order valence-electron chi connectivity index (χ2n) is 2.73. The van der Waals surface area contributed by atoms with Crippen LogP contribution in [0.3, 0.4) is 0 Å². The summed E-state index contributed by atoms with van der Waals surface area (Å²) >= 11 is 0. The molecule has 0 aliphatic rings. The molecule has 4 heteroatoms. The Morgan fingerprint density at radius 1 is 1.73 bits per heavy atom. The molecule has 0 saturated carbocycles. The lowest BCUT2D eigenvalue weighted by Crippen LogP contribution is -2.06. The molecule has 1 heterocycles. The Bertz CT molecular complexity index is 384. The maximum absolute atomic E-state index is 11.2. The average Bonchev–Trinajstić information content (AvgIpc) is 2.72. The van der Waals surface area contributed by atoms with Crippen LogP contribution in [0.4, 0.5) is 0 Å². The van der Waals surface area contributed by atoms with Crippen molar-refractivity contribution in [1.29, 1.82) is 5.26 Å². The lowest BCUT2D eigenvalue weighted by atomic mass is 10.2. The van der Waals surface area contributed by atoms with Crippen molar-refractivity contribution in [1.82, 2.24) is 0 Å². The van der Waals surface area contributed by atoms with Crippen LogP contribution in [0.1, 0.15) is 12.7 Å². The van der Waals surface area contributed by atoms with Gasteiger partial charge in [0.05, 0.1) is 12.9 Å². The SMILES string of the molecule is CCOC(=O)/C(C#N)=C/Cc1ccco1. The third-order valence-electron chi connectivity index (χ3n) is 1.70. The predicted octanol–water partition coefficient (Wildman–Crippen LogP) is 1.84. The van der Waals surface area contributed by atoms with Crippen molar-refractivity contribution >= 4 is 5.97 Å². The standard InChI is InChI=1S/C11H11NO3/c1-2-14-11(13)9(8-12)5-6-10-4-3-7-15-10/h3-5,7H,2,6H2,1H3/b9-5+. The summed E-state index contributed by atoms with van der Waals surface area (Å²) in [7, 11) is 0. The number of rotatable bonds is 4. The first-order valence-corrected chi connectivity index (χ1v) is 4.57. The Kier molecular flexibility index (Phi) is 4.17. The third kappa shape index (κ3) is 3.31. The van der Waals surface area contributed by atoms with Crippen LogP contribution in [0, 0.1) is 11.3 Å². The Labute approximate surface area is 87.8 Å². The van der Waals surface area contributed by atoms with Crippen molar-refractivity contribution in [3.05, 3.63) is 35.8 Å². The van der Waals surface area contributed by atoms with Crippen LogP contribution in [-0.2, 0) is 16.0 Å². The molecule has 0 aromatic carbocycles. The van der Waals surface area contributed by atoms with E-state index in [1.165, 1.54) is 6.08 Å². The van der Waals surface area contributed by atoms with Gasteiger partial charge in [-0.25, -0.2) is 4.79 Å². The van der Waals surface area contributed by atoms with E-state index >= 15 is 0 Å². The Morgan fingerprint density at radius 2 is 2.53 bits per heavy atom. The number of ether oxygens (including phenoxy) is 1. The fourth-order valence-electron chi connectivity index (χ4n) is 1.01. The number of esters is 1. The minimum Gasteiger partial charge on any atom is -0.469 e. The smallest absolute Gasteiger partial charge is 0.348 e. The zero-order valence-electron chi connectivity index (χ0n) is 8.40. The minimum absolute atomic E-state index is 0.00764. The first-order valence-electron chi connectivity index (χ1n) is 4.57. The molecule has 4 nitrogen and oxygen atoms in total. The van der Waals surface area contributed by atoms with Gasteiger partial charge in [0, 0.05) is 6.42 Å². The van der Waals surface area contributed by atoms with Crippen LogP contribution in [0.25, 0.3) is 0 Å². The molecule has 0 aliphatic carbocycles. The topological polar surface area (TPSA) is 63.2 Å². The minimum atomic E-state index is -0.591. The summed E-state index contributed by atoms with van der Waals surface area (Å²) in [6, 6.07) is 5.32. The summed E-state index contributed by atoms with van der Waals surface area (Å²) in [5.74, 6) is 0.110. The van der Waals surface area contributed by atoms with Gasteiger partial charge in [0.2, 0.25) is 0 Å². The molecule has 1 aromatic heterocycles. The number of hydrogen-bond donors (Lipinski definition) is 0. The van der Waals surface area contributed by atoms with Crippen molar-refractivity contribution < 1.29 is 13.9 Å². The second kappa shape index (κ2) is 5.66. The molecular formula is C11H11NO3. The van der Waals surface area contributed by atoms with Gasteiger partial charge in [0.15, 0.2) is 0 Å². The van der Waals surface area contributed by atoms with E-state index < -0.39 is 5.97 Å². The van der Waals surface area contributed by atoms with E-state index in [0.717, 1.165) is 0 Å². The molecule has 78 valence electrons. The van der Waals surface area contributed by atoms with Gasteiger partial charge in [-0.1, -0.05) is 6.08 Å². The van der Waals surface area contributed by atoms with Gasteiger partial charge in [-0.2, -0.15) is 5.26 Å². The molecule has 0 spiro atoms. The van der Waals surface area contributed by atoms with Crippen LogP contribution < -0.4 is 0 Å². The van der Waals surface area contributed by atoms with E-state index in [1.807, 2.05) is 0 Å². The van der Waals surface area contributed by atoms with Crippen molar-refractivity contribution in [2.24, 2.45) is 0 Å². The van der Waals surface area contributed by atoms with E-state index in [2.05, 4.69) is 0 Å². The number of carbonyl (C=O) groups is 1. The number of furan rings is 1. The molecular weight excluding hydrogens is 194 g/mol. The molecule has 0 saturated heterocycles. The van der Waals surface area contributed by atoms with Crippen LogP contribution in [0.2, 0.25) is 0 Å². The van der Waals surface area contributed by atoms with Gasteiger partial charge < -0.3 is 9.15 Å². The maximum Gasteiger partial charge on any atom is 0.348 e. The molecule has 0 radical (unpaired) electrons. The number of carbonyl (C=O) groups excluding carboxylic acids is 1. The fraction of sp³-hybridized carbons (Fsp3) is 0.273. The van der Waals surface area contributed by atoms with Crippen molar-refractivity contribution in [2.45, 2.75) is 13.3 Å². The first kappa shape index (κ1) is 11.1. The van der Waals surface area contributed by atoms with Crippen molar-refractivity contribution in [3.8, 4) is 6.07 Å². The summed E-state index contributed by atoms with van der Waals surface area (Å²) in [6.07, 6.45) is 3.45. The highest BCUT2D eigenvalue weighted by Gasteiger charge is 2.09. The molecule has 0 bridgehead atoms. The summed E-state index contributed by atoms with van der Waals surface area (Å²) in [5, 5.41) is 8.70. The zero-order chi connectivity index (χ0) is 11.1. The molecule has 1 rings (SSSR count). The van der Waals surface area contributed by atoms with Gasteiger partial charge in [-0.3, -0.25) is 0 Å². The fourth-order valence-corrected chi connectivity index (χ4v) is 1.01. The highest BCUT2D eigenvalue weighted by Crippen LogP contribution is 2.05. The Morgan fingerprint density at radius 3 is 3.07 bits per heavy atom. The van der Waals surface area contributed by atoms with E-state index in [0.29, 0.717) is 12.2 Å². The summed E-state index contributed by atoms with van der Waals surface area (Å²) in [6.45, 7) is 1.96. The summed E-state index contributed by atoms with van der Waals surface area (Å²) in [5.41, 5.74) is 0.00764. The van der Waals surface area contributed by atoms with Crippen LogP contribution in [0.5, 0.6) is 0 Å². The molecule has 0 amide bonds. The quantitative estimate of drug-likeness (QED) is 0.427. The second-order valence-corrected chi connectivity index (χ2v) is 2.73. The lowest BCUT2D eigenvalue weighted by molar-refractivity contribution is -0.138. The summed E-state index contributed by atoms with van der Waals surface area (Å²) in [4.78, 5) is 11.2. The van der Waals surface area contributed by atoms with Crippen LogP contribution >= 0.6 is 0 Å². The average molecular weight is 205 g/mol. The van der Waals surface area contributed by atoms with Gasteiger partial charge in [-0.15, -0.1) is 0 Å². The predicted molar refractivity (Wildman–Crippen MR) is 52.7 cm³/mol. The van der Waals surface area contributed by atoms with Gasteiger partial charge >= 0.3 is 5.97 Å². The molecule has 0 fully saturated rings. The van der Waals surface area contributed by atoms with Crippen LogP contribution in [-0.4, -0.2) is 12.6 Å². The molecule has 0 unspecified atom stereocenters. The molecule has 0 atom stereocenters. The number of nitrogens with zero attached hydrogens (tertiary/aromatic N) is 1. The number of nitriles is 1. The van der Waals surface area contributed by atoms with Crippen molar-refractivity contribution in [2.75, 3.05) is 6.61 Å². The monoisotopic (exact) mass is 205 g/mol. The molecule has 0 aliphatic heterocycles. The normalized spacial score (nSPS) is 10.8. The van der Waals surface area contributed by atoms with E-state index in [4.69, 9.17) is 14.4 Å². The molecule has 15 heavy (non-hydrogen) atoms. The van der Waals surface area contributed by atoms with Gasteiger partial charge in [-0.05, 0) is 19.1 Å². The highest BCUT2D eigenvalue weighted by atomic mass is 16.5. The number of allylic oxidation sites excluding steroid dienone is 1. The van der Waals surface area contributed by atoms with Crippen molar-refractivity contribution in [3.63, 3.8) is 0 Å². The Hall–Kier alpha value is -2.02. The van der Waals surface area contributed by atoms with Gasteiger partial charge in [0.1, 0.15) is 17.4 Å². The van der Waals surface area contributed by atoms with Crippen LogP contribution in [0.15, 0.2) is 34.5 Å². The summed E-state index contributed by atoms with van der Waals surface area (Å²) < 4.78 is 9.77. The Balaban J connectivity index is 2.63.